The summed E-state index contributed by atoms with van der Waals surface area (Å²) in [4.78, 5) is 117. The number of nitrogens with zero attached hydrogens (tertiary/aromatic N) is 16. The van der Waals surface area contributed by atoms with Gasteiger partial charge in [0, 0.05) is 137 Å². The summed E-state index contributed by atoms with van der Waals surface area (Å²) in [5.41, 5.74) is 4.45. The van der Waals surface area contributed by atoms with Crippen LogP contribution in [0.5, 0.6) is 0 Å². The number of carbonyl (C=O) groups excluding carboxylic acids is 4. The fourth-order valence-electron chi connectivity index (χ4n) is 10.9. The molecule has 10 N–H and O–H groups in total. The van der Waals surface area contributed by atoms with Gasteiger partial charge in [0.2, 0.25) is 29.6 Å². The van der Waals surface area contributed by atoms with Crippen LogP contribution in [0.4, 0.5) is 84.9 Å². The summed E-state index contributed by atoms with van der Waals surface area (Å²) < 4.78 is 177. The third kappa shape index (κ3) is 22.4. The fourth-order valence-corrected chi connectivity index (χ4v) is 11.5. The predicted molar refractivity (Wildman–Crippen MR) is 408 cm³/mol. The maximum Gasteiger partial charge on any atom is 0.405 e. The van der Waals surface area contributed by atoms with Crippen LogP contribution < -0.4 is 41.3 Å². The van der Waals surface area contributed by atoms with E-state index in [0.717, 1.165) is 27.6 Å². The van der Waals surface area contributed by atoms with Crippen molar-refractivity contribution in [2.24, 2.45) is 0 Å². The van der Waals surface area contributed by atoms with Gasteiger partial charge in [-0.3, -0.25) is 19.2 Å². The Kier molecular flexibility index (Phi) is 26.6. The summed E-state index contributed by atoms with van der Waals surface area (Å²) in [5.74, 6) is -4.49. The number of aromatic amines is 4. The van der Waals surface area contributed by atoms with Gasteiger partial charge in [0.05, 0.1) is 38.6 Å². The highest BCUT2D eigenvalue weighted by atomic mass is 35.5. The molecule has 12 aromatic heterocycles. The Labute approximate surface area is 667 Å². The van der Waals surface area contributed by atoms with Crippen LogP contribution in [0.25, 0.3) is 89.7 Å². The lowest BCUT2D eigenvalue weighted by molar-refractivity contribution is -0.139. The van der Waals surface area contributed by atoms with E-state index in [2.05, 4.69) is 90.0 Å². The van der Waals surface area contributed by atoms with Gasteiger partial charge in [0.25, 0.3) is 0 Å². The molecule has 0 spiro atoms. The van der Waals surface area contributed by atoms with Crippen LogP contribution in [-0.4, -0.2) is 215 Å². The first-order chi connectivity index (χ1) is 54.1. The lowest BCUT2D eigenvalue weighted by Gasteiger charge is -2.25. The lowest BCUT2D eigenvalue weighted by Crippen LogP contribution is -2.46. The first-order valence-corrected chi connectivity index (χ1v) is 34.7. The van der Waals surface area contributed by atoms with E-state index in [0.29, 0.717) is 92.7 Å². The number of pyridine rings is 4. The Bertz CT molecular complexity index is 5540. The molecule has 1 aliphatic heterocycles. The number of H-pyrrole nitrogens is 4. The van der Waals surface area contributed by atoms with Crippen molar-refractivity contribution in [2.75, 3.05) is 66.8 Å². The highest BCUT2D eigenvalue weighted by Crippen LogP contribution is 2.35. The molecule has 1 fully saturated rings. The first-order valence-electron chi connectivity index (χ1n) is 33.2. The molecular weight excluding hydrogens is 1640 g/mol. The normalized spacial score (nSPS) is 14.5. The molecule has 0 aromatic carbocycles. The van der Waals surface area contributed by atoms with Crippen molar-refractivity contribution in [2.45, 2.75) is 82.2 Å². The molecule has 13 rings (SSSR count). The SMILES string of the molecule is C[C@@H](Nc1ncnc(-c2c[nH]c3ncc(Cl)cc23)n1)C(=O)NCC(F)(F)F.C[C@H](C(=O)NCC(F)(F)F)N(C)c1ccnc(-c2c[nH]c3ncc(Cl)cc23)n1.C[C@H](C(=O)NCC(F)(F)F)N(C)c1nc(-c2c[nH]c3ncc(Cl)cc23)ncc1F.O=C(NCC(F)(F)F)[C@H]1CC(O)CN1c1nc(-c2c[nH]c3ncc(Cl)cc23)ncc1F.[HH].[HH].[HH].[HH].[HH].[HH].[HH]. The number of hydrogen-bond acceptors (Lipinski definition) is 22. The number of fused-ring (bicyclic) bond motifs is 4. The summed E-state index contributed by atoms with van der Waals surface area (Å²) >= 11 is 23.9. The van der Waals surface area contributed by atoms with Crippen LogP contribution in [0.15, 0.2) is 105 Å². The van der Waals surface area contributed by atoms with Crippen LogP contribution in [0.2, 0.25) is 20.1 Å². The third-order valence-corrected chi connectivity index (χ3v) is 17.5. The van der Waals surface area contributed by atoms with E-state index in [-0.39, 0.29) is 58.0 Å². The molecule has 1 saturated heterocycles. The topological polar surface area (TPSA) is 389 Å². The molecule has 0 radical (unpaired) electrons. The van der Waals surface area contributed by atoms with E-state index in [1.54, 1.807) is 78.1 Å². The first kappa shape index (κ1) is 85.7. The molecule has 4 amide bonds. The Morgan fingerprint density at radius 2 is 0.904 bits per heavy atom. The Morgan fingerprint density at radius 3 is 1.35 bits per heavy atom. The minimum Gasteiger partial charge on any atom is -0.391 e. The van der Waals surface area contributed by atoms with Crippen molar-refractivity contribution >= 4 is 138 Å². The number of rotatable bonds is 19. The van der Waals surface area contributed by atoms with Crippen molar-refractivity contribution in [3.05, 3.63) is 137 Å². The molecule has 5 atom stereocenters. The molecule has 115 heavy (non-hydrogen) atoms. The molecule has 12 aromatic rings. The van der Waals surface area contributed by atoms with Gasteiger partial charge in [-0.1, -0.05) is 46.4 Å². The Balaban J connectivity index is 0.000000413. The molecule has 48 heteroatoms. The van der Waals surface area contributed by atoms with E-state index in [4.69, 9.17) is 46.4 Å². The van der Waals surface area contributed by atoms with Gasteiger partial charge in [-0.15, -0.1) is 0 Å². The molecule has 30 nitrogen and oxygen atoms in total. The van der Waals surface area contributed by atoms with Crippen LogP contribution >= 0.6 is 46.4 Å². The minimum absolute atomic E-state index is 0. The van der Waals surface area contributed by atoms with Gasteiger partial charge in [0.15, 0.2) is 46.6 Å². The number of nitrogens with one attached hydrogen (secondary N) is 9. The number of aliphatic hydroxyl groups is 1. The van der Waals surface area contributed by atoms with E-state index in [1.165, 1.54) is 70.0 Å². The van der Waals surface area contributed by atoms with Gasteiger partial charge >= 0.3 is 24.7 Å². The number of amides is 4. The van der Waals surface area contributed by atoms with Gasteiger partial charge in [0.1, 0.15) is 85.1 Å². The number of hydrogen-bond donors (Lipinski definition) is 10. The molecule has 1 aliphatic rings. The van der Waals surface area contributed by atoms with Crippen molar-refractivity contribution in [3.8, 4) is 45.6 Å². The number of β-amino-alcohol motifs (C(OH)–C–C–N with tert-alkyl or cyclic N) is 1. The largest absolute Gasteiger partial charge is 0.405 e. The van der Waals surface area contributed by atoms with Crippen LogP contribution in [0, 0.1) is 11.6 Å². The second-order valence-corrected chi connectivity index (χ2v) is 26.7. The molecule has 0 bridgehead atoms. The average molecular weight is 1720 g/mol. The van der Waals surface area contributed by atoms with E-state index in [9.17, 15) is 85.8 Å². The Morgan fingerprint density at radius 1 is 0.513 bits per heavy atom. The smallest absolute Gasteiger partial charge is 0.391 e. The fraction of sp³-hybridized carbons (Fsp3) is 0.299. The summed E-state index contributed by atoms with van der Waals surface area (Å²) in [6.45, 7) is -1.78. The lowest BCUT2D eigenvalue weighted by atomic mass is 10.2. The third-order valence-electron chi connectivity index (χ3n) is 16.7. The van der Waals surface area contributed by atoms with E-state index >= 15 is 0 Å². The molecule has 13 heterocycles. The van der Waals surface area contributed by atoms with Crippen molar-refractivity contribution in [1.29, 1.82) is 0 Å². The van der Waals surface area contributed by atoms with Gasteiger partial charge in [-0.2, -0.15) is 57.7 Å². The van der Waals surface area contributed by atoms with Crippen molar-refractivity contribution in [1.82, 2.24) is 106 Å². The number of anilines is 4. The number of aliphatic hydroxyl groups excluding tert-OH is 1. The predicted octanol–water partition coefficient (Wildman–Crippen LogP) is 13.2. The summed E-state index contributed by atoms with van der Waals surface area (Å²) in [6.07, 6.45) is -2.42. The second kappa shape index (κ2) is 35.7. The molecule has 0 aliphatic carbocycles. The van der Waals surface area contributed by atoms with E-state index < -0.39 is 116 Å². The number of alkyl halides is 12. The van der Waals surface area contributed by atoms with Gasteiger partial charge < -0.3 is 66.3 Å². The van der Waals surface area contributed by atoms with Gasteiger partial charge in [-0.25, -0.2) is 68.6 Å². The van der Waals surface area contributed by atoms with Crippen LogP contribution in [0.1, 0.15) is 37.2 Å². The van der Waals surface area contributed by atoms with E-state index in [1.807, 2.05) is 5.32 Å². The zero-order valence-electron chi connectivity index (χ0n) is 59.5. The zero-order chi connectivity index (χ0) is 83.8. The Hall–Kier alpha value is -11.8. The molecule has 0 saturated carbocycles. The molecule has 622 valence electrons. The highest BCUT2D eigenvalue weighted by molar-refractivity contribution is 6.32. The van der Waals surface area contributed by atoms with Crippen molar-refractivity contribution in [3.63, 3.8) is 0 Å². The maximum atomic E-state index is 14.6. The highest BCUT2D eigenvalue weighted by Gasteiger charge is 2.41. The zero-order valence-corrected chi connectivity index (χ0v) is 62.5. The minimum atomic E-state index is -4.60. The maximum absolute atomic E-state index is 14.6. The number of halogens is 18. The molecule has 1 unspecified atom stereocenters. The van der Waals surface area contributed by atoms with Crippen LogP contribution in [-0.2, 0) is 19.2 Å². The second-order valence-electron chi connectivity index (χ2n) is 24.9. The summed E-state index contributed by atoms with van der Waals surface area (Å²) in [6, 6.07) is 4.04. The molecular formula is C67H73Cl4F14N25O5. The van der Waals surface area contributed by atoms with Gasteiger partial charge in [-0.05, 0) is 51.1 Å². The standard InChI is InChI=1S/C18H15ClF4N6O2.C17H15ClF4N6O.C17H16ClF3N6O.C15H13ClF3N7O.7H2/c19-8-1-10-11(4-25-14(10)24-3-8)15-26-5-12(20)16(28-15)29-6-9(30)2-13(29)17(31)27-7-18(21,22)23;1-8(16(29)26-7-17(20,21)22)28(2)15-12(19)6-25-14(27-15)11-5-24-13-10(11)3-9(18)4-23-13;1-9(16(28)25-8-17(19,20)21)27(2)13-3-4-22-15(26-13)12-7-24-14-11(12)5-10(18)6-23-14;1-7(13(27)22-5-15(17,18)19)25-14-24-6-23-12(26-14)10-4-21-11-9(10)2-8(16)3-20-11;;;;;;;/h1,3-5,9,13,30H,2,6-7H2,(H,24,25)(H,27,31);3-6,8H,7H2,1-2H3,(H,23,24)(H,26,29);3-7,9H,8H2,1-2H3,(H,23,24)(H,25,28);2-4,6-7H,5H2,1H3,(H,20,21)(H,22,27)(H,23,24,25,26);7*1H/t9?,13-;8-;9-;7-;;;;;;;/m1111......./s1. The van der Waals surface area contributed by atoms with Crippen LogP contribution in [0.3, 0.4) is 0 Å². The summed E-state index contributed by atoms with van der Waals surface area (Å²) in [5, 5.41) is 24.1. The monoisotopic (exact) mass is 1710 g/mol. The number of aromatic nitrogens is 17. The number of likely N-dealkylation sites (N-methyl/N-ethyl adjacent to an activating group) is 2. The van der Waals surface area contributed by atoms with Crippen molar-refractivity contribution < 1.29 is 95.7 Å². The quantitative estimate of drug-likeness (QED) is 0.0336. The summed E-state index contributed by atoms with van der Waals surface area (Å²) in [7, 11) is 2.91. The number of carbonyl (C=O) groups is 4. The average Bonchev–Trinajstić information content (AvgIpc) is 1.38.